The van der Waals surface area contributed by atoms with Gasteiger partial charge in [0.15, 0.2) is 5.78 Å². The van der Waals surface area contributed by atoms with E-state index in [0.29, 0.717) is 19.3 Å². The summed E-state index contributed by atoms with van der Waals surface area (Å²) in [4.78, 5) is 22.4. The van der Waals surface area contributed by atoms with Crippen molar-refractivity contribution in [2.45, 2.75) is 23.8 Å². The van der Waals surface area contributed by atoms with Crippen LogP contribution in [0.15, 0.2) is 29.2 Å². The van der Waals surface area contributed by atoms with Gasteiger partial charge in [0.25, 0.3) is 0 Å². The van der Waals surface area contributed by atoms with Crippen molar-refractivity contribution in [1.29, 1.82) is 5.26 Å². The zero-order chi connectivity index (χ0) is 16.2. The first kappa shape index (κ1) is 16.1. The molecule has 1 fully saturated rings. The van der Waals surface area contributed by atoms with E-state index in [1.807, 2.05) is 6.07 Å². The zero-order valence-electron chi connectivity index (χ0n) is 11.7. The summed E-state index contributed by atoms with van der Waals surface area (Å²) in [5.41, 5.74) is 0.0433. The van der Waals surface area contributed by atoms with Gasteiger partial charge in [-0.25, -0.2) is 8.42 Å². The Bertz CT molecular complexity index is 724. The Morgan fingerprint density at radius 3 is 2.77 bits per heavy atom. The molecule has 1 unspecified atom stereocenters. The number of hydrogen-bond donors (Lipinski definition) is 1. The highest BCUT2D eigenvalue weighted by atomic mass is 32.2. The monoisotopic (exact) mass is 321 g/mol. The van der Waals surface area contributed by atoms with Gasteiger partial charge in [-0.3, -0.25) is 9.59 Å². The molecule has 1 amide bonds. The third-order valence-electron chi connectivity index (χ3n) is 3.52. The van der Waals surface area contributed by atoms with E-state index >= 15 is 0 Å². The second-order valence-corrected chi connectivity index (χ2v) is 6.80. The van der Waals surface area contributed by atoms with Gasteiger partial charge in [-0.1, -0.05) is 12.1 Å². The summed E-state index contributed by atoms with van der Waals surface area (Å²) in [6, 6.07) is 7.07. The number of nitriles is 1. The van der Waals surface area contributed by atoms with Gasteiger partial charge < -0.3 is 5.32 Å². The minimum atomic E-state index is -3.93. The first-order valence-electron chi connectivity index (χ1n) is 6.72. The average Bonchev–Trinajstić information content (AvgIpc) is 2.70. The van der Waals surface area contributed by atoms with E-state index in [1.165, 1.54) is 18.2 Å². The maximum Gasteiger partial charge on any atom is 0.244 e. The molecule has 1 aliphatic rings. The molecule has 0 saturated carbocycles. The molecule has 7 nitrogen and oxygen atoms in total. The fraction of sp³-hybridized carbons (Fsp3) is 0.357. The normalized spacial score (nSPS) is 20.0. The molecule has 1 N–H and O–H groups in total. The first-order chi connectivity index (χ1) is 10.5. The number of carbonyl (C=O) groups excluding carboxylic acids is 2. The molecule has 22 heavy (non-hydrogen) atoms. The van der Waals surface area contributed by atoms with E-state index in [1.54, 1.807) is 6.07 Å². The van der Waals surface area contributed by atoms with Crippen LogP contribution in [0.25, 0.3) is 0 Å². The van der Waals surface area contributed by atoms with Gasteiger partial charge in [-0.05, 0) is 25.0 Å². The average molecular weight is 321 g/mol. The second kappa shape index (κ2) is 6.68. The van der Waals surface area contributed by atoms with Gasteiger partial charge in [-0.2, -0.15) is 9.57 Å². The zero-order valence-corrected chi connectivity index (χ0v) is 12.5. The van der Waals surface area contributed by atoms with Crippen molar-refractivity contribution < 1.29 is 18.0 Å². The van der Waals surface area contributed by atoms with Crippen molar-refractivity contribution >= 4 is 22.2 Å². The van der Waals surface area contributed by atoms with Crippen LogP contribution >= 0.6 is 0 Å². The minimum absolute atomic E-state index is 0.0433. The second-order valence-electron chi connectivity index (χ2n) is 4.89. The van der Waals surface area contributed by atoms with Gasteiger partial charge in [-0.15, -0.1) is 0 Å². The quantitative estimate of drug-likeness (QED) is 0.787. The number of nitrogens with one attached hydrogen (secondary N) is 1. The van der Waals surface area contributed by atoms with E-state index < -0.39 is 16.1 Å². The molecule has 1 heterocycles. The molecule has 116 valence electrons. The molecule has 1 atom stereocenters. The van der Waals surface area contributed by atoms with Crippen molar-refractivity contribution in [2.24, 2.45) is 0 Å². The number of nitrogens with zero attached hydrogens (tertiary/aromatic N) is 2. The maximum absolute atomic E-state index is 12.7. The lowest BCUT2D eigenvalue weighted by molar-refractivity contribution is -0.123. The highest BCUT2D eigenvalue weighted by molar-refractivity contribution is 7.89. The van der Waals surface area contributed by atoms with Crippen LogP contribution in [-0.2, 0) is 19.6 Å². The van der Waals surface area contributed by atoms with Crippen LogP contribution in [0.3, 0.4) is 0 Å². The third-order valence-corrected chi connectivity index (χ3v) is 5.42. The van der Waals surface area contributed by atoms with Gasteiger partial charge in [0.2, 0.25) is 16.4 Å². The molecule has 0 spiro atoms. The van der Waals surface area contributed by atoms with E-state index in [4.69, 9.17) is 5.26 Å². The van der Waals surface area contributed by atoms with E-state index in [9.17, 15) is 18.0 Å². The van der Waals surface area contributed by atoms with Crippen LogP contribution < -0.4 is 5.32 Å². The molecule has 1 aliphatic heterocycles. The van der Waals surface area contributed by atoms with E-state index in [2.05, 4.69) is 5.32 Å². The molecule has 1 saturated heterocycles. The number of hydrogen-bond acceptors (Lipinski definition) is 5. The Kier molecular flexibility index (Phi) is 4.90. The molecular weight excluding hydrogens is 306 g/mol. The summed E-state index contributed by atoms with van der Waals surface area (Å²) >= 11 is 0. The maximum atomic E-state index is 12.7. The molecule has 0 aliphatic carbocycles. The topological polar surface area (TPSA) is 107 Å². The first-order valence-corrected chi connectivity index (χ1v) is 8.16. The Morgan fingerprint density at radius 2 is 2.09 bits per heavy atom. The number of carbonyl (C=O) groups is 2. The Hall–Kier alpha value is -2.24. The van der Waals surface area contributed by atoms with Crippen LogP contribution in [0.4, 0.5) is 0 Å². The summed E-state index contributed by atoms with van der Waals surface area (Å²) in [6.07, 6.45) is 1.28. The van der Waals surface area contributed by atoms with Crippen molar-refractivity contribution in [3.05, 3.63) is 29.8 Å². The summed E-state index contributed by atoms with van der Waals surface area (Å²) in [6.45, 7) is -0.140. The van der Waals surface area contributed by atoms with Crippen molar-refractivity contribution in [1.82, 2.24) is 9.62 Å². The Morgan fingerprint density at radius 1 is 1.36 bits per heavy atom. The molecule has 1 aromatic carbocycles. The third kappa shape index (κ3) is 3.16. The van der Waals surface area contributed by atoms with Gasteiger partial charge in [0.05, 0.1) is 23.0 Å². The highest BCUT2D eigenvalue weighted by Crippen LogP contribution is 2.22. The van der Waals surface area contributed by atoms with Gasteiger partial charge in [0, 0.05) is 6.54 Å². The number of ketones is 1. The minimum Gasteiger partial charge on any atom is -0.349 e. The molecule has 8 heteroatoms. The Balaban J connectivity index is 2.32. The van der Waals surface area contributed by atoms with E-state index in [-0.39, 0.29) is 29.3 Å². The lowest BCUT2D eigenvalue weighted by Gasteiger charge is -2.20. The summed E-state index contributed by atoms with van der Waals surface area (Å²) in [7, 11) is -3.93. The number of benzene rings is 1. The van der Waals surface area contributed by atoms with Crippen molar-refractivity contribution in [3.63, 3.8) is 0 Å². The molecule has 0 bridgehead atoms. The van der Waals surface area contributed by atoms with Crippen LogP contribution in [-0.4, -0.2) is 44.0 Å². The standard InChI is InChI=1S/C14H15N3O4S/c15-8-11-4-1-2-6-14(11)22(20,21)17-7-3-5-12(16-10-18)13(19)9-17/h1-2,4,6,10,12H,3,5,7,9H2,(H,16,18). The Labute approximate surface area is 128 Å². The van der Waals surface area contributed by atoms with Crippen LogP contribution in [0.1, 0.15) is 18.4 Å². The fourth-order valence-corrected chi connectivity index (χ4v) is 3.97. The summed E-state index contributed by atoms with van der Waals surface area (Å²) < 4.78 is 26.4. The van der Waals surface area contributed by atoms with Gasteiger partial charge >= 0.3 is 0 Å². The van der Waals surface area contributed by atoms with Crippen molar-refractivity contribution in [2.75, 3.05) is 13.1 Å². The number of Topliss-reactive ketones (excluding diaryl/α,β-unsaturated/α-hetero) is 1. The van der Waals surface area contributed by atoms with E-state index in [0.717, 1.165) is 4.31 Å². The molecule has 0 radical (unpaired) electrons. The number of rotatable bonds is 4. The lowest BCUT2D eigenvalue weighted by Crippen LogP contribution is -2.41. The summed E-state index contributed by atoms with van der Waals surface area (Å²) in [5.74, 6) is -0.359. The van der Waals surface area contributed by atoms with Gasteiger partial charge in [0.1, 0.15) is 6.07 Å². The molecule has 1 aromatic rings. The largest absolute Gasteiger partial charge is 0.349 e. The highest BCUT2D eigenvalue weighted by Gasteiger charge is 2.33. The van der Waals surface area contributed by atoms with Crippen LogP contribution in [0.2, 0.25) is 0 Å². The number of sulfonamides is 1. The summed E-state index contributed by atoms with van der Waals surface area (Å²) in [5, 5.41) is 11.5. The fourth-order valence-electron chi connectivity index (χ4n) is 2.38. The SMILES string of the molecule is N#Cc1ccccc1S(=O)(=O)N1CCCC(NC=O)C(=O)C1. The van der Waals surface area contributed by atoms with Crippen LogP contribution in [0, 0.1) is 11.3 Å². The van der Waals surface area contributed by atoms with Crippen molar-refractivity contribution in [3.8, 4) is 6.07 Å². The predicted molar refractivity (Wildman–Crippen MR) is 77.1 cm³/mol. The molecule has 2 rings (SSSR count). The predicted octanol–water partition coefficient (Wildman–Crippen LogP) is 0.0265. The lowest BCUT2D eigenvalue weighted by atomic mass is 10.1. The number of amides is 1. The van der Waals surface area contributed by atoms with Crippen LogP contribution in [0.5, 0.6) is 0 Å². The molecular formula is C14H15N3O4S. The smallest absolute Gasteiger partial charge is 0.244 e. The molecule has 0 aromatic heterocycles.